The molecule has 0 unspecified atom stereocenters. The monoisotopic (exact) mass is 248 g/mol. The van der Waals surface area contributed by atoms with Gasteiger partial charge < -0.3 is 10.4 Å². The average molecular weight is 248 g/mol. The SMILES string of the molecule is CC(C)(O)C(C)(C)Nc1nc(F)c(F)cc1F. The molecule has 1 aromatic heterocycles. The molecule has 6 heteroatoms. The van der Waals surface area contributed by atoms with Crippen LogP contribution in [-0.4, -0.2) is 21.2 Å². The van der Waals surface area contributed by atoms with Crippen LogP contribution in [0.25, 0.3) is 0 Å². The highest BCUT2D eigenvalue weighted by atomic mass is 19.2. The summed E-state index contributed by atoms with van der Waals surface area (Å²) in [6.45, 7) is 6.21. The molecule has 3 nitrogen and oxygen atoms in total. The second-order valence-corrected chi connectivity index (χ2v) is 4.90. The van der Waals surface area contributed by atoms with E-state index in [2.05, 4.69) is 10.3 Å². The van der Waals surface area contributed by atoms with Crippen LogP contribution in [0.1, 0.15) is 27.7 Å². The number of aromatic nitrogens is 1. The third kappa shape index (κ3) is 2.88. The van der Waals surface area contributed by atoms with Crippen LogP contribution in [-0.2, 0) is 0 Å². The molecule has 0 radical (unpaired) electrons. The quantitative estimate of drug-likeness (QED) is 0.808. The highest BCUT2D eigenvalue weighted by Gasteiger charge is 2.36. The third-order valence-electron chi connectivity index (χ3n) is 2.85. The number of hydrogen-bond donors (Lipinski definition) is 2. The molecule has 0 aliphatic rings. The van der Waals surface area contributed by atoms with Crippen LogP contribution < -0.4 is 5.32 Å². The van der Waals surface area contributed by atoms with E-state index in [1.807, 2.05) is 0 Å². The van der Waals surface area contributed by atoms with Crippen LogP contribution in [0, 0.1) is 17.6 Å². The van der Waals surface area contributed by atoms with Crippen LogP contribution in [0.4, 0.5) is 19.0 Å². The summed E-state index contributed by atoms with van der Waals surface area (Å²) in [5.41, 5.74) is -2.17. The summed E-state index contributed by atoms with van der Waals surface area (Å²) in [6.07, 6.45) is 0. The van der Waals surface area contributed by atoms with Crippen molar-refractivity contribution in [3.63, 3.8) is 0 Å². The van der Waals surface area contributed by atoms with Crippen molar-refractivity contribution in [2.45, 2.75) is 38.8 Å². The van der Waals surface area contributed by atoms with Gasteiger partial charge in [0.15, 0.2) is 17.5 Å². The Kier molecular flexibility index (Phi) is 3.38. The molecule has 2 N–H and O–H groups in total. The first-order valence-electron chi connectivity index (χ1n) is 5.07. The van der Waals surface area contributed by atoms with E-state index in [0.29, 0.717) is 6.07 Å². The van der Waals surface area contributed by atoms with Gasteiger partial charge in [-0.1, -0.05) is 0 Å². The molecular formula is C11H15F3N2O. The molecule has 0 fully saturated rings. The summed E-state index contributed by atoms with van der Waals surface area (Å²) in [5.74, 6) is -4.19. The third-order valence-corrected chi connectivity index (χ3v) is 2.85. The number of halogens is 3. The summed E-state index contributed by atoms with van der Waals surface area (Å²) in [7, 11) is 0. The molecule has 17 heavy (non-hydrogen) atoms. The number of nitrogens with one attached hydrogen (secondary N) is 1. The molecule has 0 amide bonds. The van der Waals surface area contributed by atoms with Crippen molar-refractivity contribution in [1.29, 1.82) is 0 Å². The Balaban J connectivity index is 3.08. The zero-order valence-corrected chi connectivity index (χ0v) is 10.1. The Hall–Kier alpha value is -1.30. The number of pyridine rings is 1. The van der Waals surface area contributed by atoms with Crippen molar-refractivity contribution >= 4 is 5.82 Å². The minimum Gasteiger partial charge on any atom is -0.388 e. The van der Waals surface area contributed by atoms with Crippen LogP contribution in [0.5, 0.6) is 0 Å². The summed E-state index contributed by atoms with van der Waals surface area (Å²) in [5, 5.41) is 12.4. The fraction of sp³-hybridized carbons (Fsp3) is 0.545. The number of hydrogen-bond acceptors (Lipinski definition) is 3. The average Bonchev–Trinajstić information content (AvgIpc) is 2.12. The minimum absolute atomic E-state index is 0.408. The fourth-order valence-corrected chi connectivity index (χ4v) is 0.981. The van der Waals surface area contributed by atoms with E-state index in [1.54, 1.807) is 13.8 Å². The Morgan fingerprint density at radius 1 is 1.12 bits per heavy atom. The Labute approximate surface area is 97.7 Å². The van der Waals surface area contributed by atoms with E-state index in [-0.39, 0.29) is 0 Å². The van der Waals surface area contributed by atoms with Crippen LogP contribution >= 0.6 is 0 Å². The van der Waals surface area contributed by atoms with E-state index in [1.165, 1.54) is 13.8 Å². The molecule has 0 aromatic carbocycles. The second kappa shape index (κ2) is 4.18. The van der Waals surface area contributed by atoms with E-state index in [0.717, 1.165) is 0 Å². The molecule has 1 aromatic rings. The van der Waals surface area contributed by atoms with Crippen molar-refractivity contribution in [1.82, 2.24) is 4.98 Å². The predicted octanol–water partition coefficient (Wildman–Crippen LogP) is 2.46. The van der Waals surface area contributed by atoms with Gasteiger partial charge in [0, 0.05) is 6.07 Å². The van der Waals surface area contributed by atoms with Gasteiger partial charge in [0.1, 0.15) is 0 Å². The Morgan fingerprint density at radius 3 is 2.12 bits per heavy atom. The molecule has 96 valence electrons. The van der Waals surface area contributed by atoms with E-state index < -0.39 is 34.5 Å². The van der Waals surface area contributed by atoms with E-state index >= 15 is 0 Å². The molecule has 0 spiro atoms. The number of aliphatic hydroxyl groups is 1. The lowest BCUT2D eigenvalue weighted by atomic mass is 9.86. The molecule has 0 aliphatic carbocycles. The lowest BCUT2D eigenvalue weighted by Gasteiger charge is -2.38. The van der Waals surface area contributed by atoms with Gasteiger partial charge in [-0.3, -0.25) is 0 Å². The topological polar surface area (TPSA) is 45.1 Å². The molecular weight excluding hydrogens is 233 g/mol. The summed E-state index contributed by atoms with van der Waals surface area (Å²) in [6, 6.07) is 0.408. The largest absolute Gasteiger partial charge is 0.388 e. The maximum atomic E-state index is 13.3. The summed E-state index contributed by atoms with van der Waals surface area (Å²) in [4.78, 5) is 3.13. The molecule has 1 heterocycles. The van der Waals surface area contributed by atoms with E-state index in [9.17, 15) is 18.3 Å². The van der Waals surface area contributed by atoms with Crippen molar-refractivity contribution in [2.24, 2.45) is 0 Å². The minimum atomic E-state index is -1.39. The van der Waals surface area contributed by atoms with Gasteiger partial charge in [-0.2, -0.15) is 9.37 Å². The fourth-order valence-electron chi connectivity index (χ4n) is 0.981. The zero-order chi connectivity index (χ0) is 13.4. The second-order valence-electron chi connectivity index (χ2n) is 4.90. The maximum Gasteiger partial charge on any atom is 0.251 e. The van der Waals surface area contributed by atoms with Crippen molar-refractivity contribution < 1.29 is 18.3 Å². The molecule has 0 bridgehead atoms. The van der Waals surface area contributed by atoms with Gasteiger partial charge in [-0.15, -0.1) is 0 Å². The van der Waals surface area contributed by atoms with Crippen molar-refractivity contribution in [2.75, 3.05) is 5.32 Å². The smallest absolute Gasteiger partial charge is 0.251 e. The molecule has 0 atom stereocenters. The van der Waals surface area contributed by atoms with Gasteiger partial charge in [0.2, 0.25) is 0 Å². The first-order chi connectivity index (χ1) is 7.54. The van der Waals surface area contributed by atoms with Crippen molar-refractivity contribution in [3.8, 4) is 0 Å². The first-order valence-corrected chi connectivity index (χ1v) is 5.07. The van der Waals surface area contributed by atoms with Crippen LogP contribution in [0.2, 0.25) is 0 Å². The number of anilines is 1. The maximum absolute atomic E-state index is 13.3. The molecule has 0 saturated carbocycles. The highest BCUT2D eigenvalue weighted by Crippen LogP contribution is 2.26. The summed E-state index contributed by atoms with van der Waals surface area (Å²) < 4.78 is 38.9. The summed E-state index contributed by atoms with van der Waals surface area (Å²) >= 11 is 0. The number of nitrogens with zero attached hydrogens (tertiary/aromatic N) is 1. The normalized spacial score (nSPS) is 12.7. The Morgan fingerprint density at radius 2 is 1.65 bits per heavy atom. The lowest BCUT2D eigenvalue weighted by molar-refractivity contribution is 0.0237. The predicted molar refractivity (Wildman–Crippen MR) is 58.1 cm³/mol. The van der Waals surface area contributed by atoms with Crippen molar-refractivity contribution in [3.05, 3.63) is 23.6 Å². The molecule has 1 rings (SSSR count). The first kappa shape index (κ1) is 13.8. The standard InChI is InChI=1S/C11H15F3N2O/c1-10(2,11(3,4)17)16-9-7(13)5-6(12)8(14)15-9/h5,17H,1-4H3,(H,15,16). The Bertz CT molecular complexity index is 427. The lowest BCUT2D eigenvalue weighted by Crippen LogP contribution is -2.51. The highest BCUT2D eigenvalue weighted by molar-refractivity contribution is 5.40. The number of rotatable bonds is 3. The van der Waals surface area contributed by atoms with Gasteiger partial charge >= 0.3 is 0 Å². The van der Waals surface area contributed by atoms with Gasteiger partial charge in [0.25, 0.3) is 5.95 Å². The van der Waals surface area contributed by atoms with Gasteiger partial charge in [-0.05, 0) is 27.7 Å². The zero-order valence-electron chi connectivity index (χ0n) is 10.1. The van der Waals surface area contributed by atoms with Crippen LogP contribution in [0.3, 0.4) is 0 Å². The molecule has 0 aliphatic heterocycles. The van der Waals surface area contributed by atoms with Crippen LogP contribution in [0.15, 0.2) is 6.07 Å². The van der Waals surface area contributed by atoms with Gasteiger partial charge in [0.05, 0.1) is 11.1 Å². The van der Waals surface area contributed by atoms with Gasteiger partial charge in [-0.25, -0.2) is 8.78 Å². The molecule has 0 saturated heterocycles. The van der Waals surface area contributed by atoms with E-state index in [4.69, 9.17) is 0 Å².